The molecule has 0 saturated heterocycles. The first-order chi connectivity index (χ1) is 13.7. The molecule has 8 nitrogen and oxygen atoms in total. The summed E-state index contributed by atoms with van der Waals surface area (Å²) in [7, 11) is 0. The first-order valence-corrected chi connectivity index (χ1v) is 8.94. The minimum atomic E-state index is -0.516. The van der Waals surface area contributed by atoms with E-state index >= 15 is 0 Å². The summed E-state index contributed by atoms with van der Waals surface area (Å²) >= 11 is 0. The van der Waals surface area contributed by atoms with Gasteiger partial charge in [-0.25, -0.2) is 4.79 Å². The van der Waals surface area contributed by atoms with E-state index in [1.807, 2.05) is 30.3 Å². The predicted octanol–water partition coefficient (Wildman–Crippen LogP) is 2.39. The maximum Gasteiger partial charge on any atom is 0.420 e. The van der Waals surface area contributed by atoms with Gasteiger partial charge < -0.3 is 14.3 Å². The normalized spacial score (nSPS) is 11.0. The molecule has 0 unspecified atom stereocenters. The van der Waals surface area contributed by atoms with Crippen LogP contribution in [0.5, 0.6) is 0 Å². The summed E-state index contributed by atoms with van der Waals surface area (Å²) in [5.41, 5.74) is 2.33. The Morgan fingerprint density at radius 2 is 1.86 bits per heavy atom. The molecule has 142 valence electrons. The molecule has 8 heteroatoms. The van der Waals surface area contributed by atoms with Crippen LogP contribution in [0.25, 0.3) is 11.1 Å². The highest BCUT2D eigenvalue weighted by molar-refractivity contribution is 5.89. The van der Waals surface area contributed by atoms with Crippen LogP contribution in [-0.2, 0) is 13.0 Å². The summed E-state index contributed by atoms with van der Waals surface area (Å²) in [6, 6.07) is 17.1. The molecule has 4 rings (SSSR count). The molecule has 28 heavy (non-hydrogen) atoms. The van der Waals surface area contributed by atoms with Crippen molar-refractivity contribution in [3.8, 4) is 0 Å². The second kappa shape index (κ2) is 7.91. The SMILES string of the molecule is O=C(NCCCc1ccccc1)c1nc(Cn2c(=O)oc3ccccc32)no1. The number of hydrogen-bond donors (Lipinski definition) is 1. The Bertz CT molecular complexity index is 1140. The molecule has 0 aliphatic rings. The average Bonchev–Trinajstić information content (AvgIpc) is 3.31. The number of para-hydroxylation sites is 2. The van der Waals surface area contributed by atoms with Gasteiger partial charge >= 0.3 is 17.6 Å². The molecule has 0 aliphatic carbocycles. The first-order valence-electron chi connectivity index (χ1n) is 8.94. The van der Waals surface area contributed by atoms with E-state index in [0.29, 0.717) is 17.6 Å². The van der Waals surface area contributed by atoms with Crippen molar-refractivity contribution in [2.75, 3.05) is 6.54 Å². The van der Waals surface area contributed by atoms with Crippen LogP contribution in [-0.4, -0.2) is 27.2 Å². The van der Waals surface area contributed by atoms with E-state index < -0.39 is 11.7 Å². The van der Waals surface area contributed by atoms with Crippen LogP contribution in [0.2, 0.25) is 0 Å². The Morgan fingerprint density at radius 3 is 2.71 bits per heavy atom. The lowest BCUT2D eigenvalue weighted by molar-refractivity contribution is 0.0909. The number of carbonyl (C=O) groups excluding carboxylic acids is 1. The molecule has 2 aromatic heterocycles. The minimum absolute atomic E-state index is 0.0562. The molecule has 4 aromatic rings. The van der Waals surface area contributed by atoms with E-state index in [2.05, 4.69) is 15.5 Å². The number of carbonyl (C=O) groups is 1. The Morgan fingerprint density at radius 1 is 1.07 bits per heavy atom. The molecule has 2 heterocycles. The molecule has 0 fully saturated rings. The van der Waals surface area contributed by atoms with E-state index in [9.17, 15) is 9.59 Å². The lowest BCUT2D eigenvalue weighted by Gasteiger charge is -2.02. The number of rotatable bonds is 7. The zero-order valence-electron chi connectivity index (χ0n) is 15.0. The maximum absolute atomic E-state index is 12.2. The third-order valence-corrected chi connectivity index (χ3v) is 4.31. The van der Waals surface area contributed by atoms with Gasteiger partial charge in [0.25, 0.3) is 0 Å². The average molecular weight is 378 g/mol. The van der Waals surface area contributed by atoms with Gasteiger partial charge in [0.2, 0.25) is 0 Å². The third kappa shape index (κ3) is 3.85. The van der Waals surface area contributed by atoms with Crippen LogP contribution in [0.3, 0.4) is 0 Å². The van der Waals surface area contributed by atoms with Gasteiger partial charge in [0, 0.05) is 6.54 Å². The number of aryl methyl sites for hydroxylation is 1. The van der Waals surface area contributed by atoms with Crippen LogP contribution in [0.1, 0.15) is 28.5 Å². The summed E-state index contributed by atoms with van der Waals surface area (Å²) in [5, 5.41) is 6.55. The van der Waals surface area contributed by atoms with Gasteiger partial charge in [0.15, 0.2) is 11.4 Å². The number of aromatic nitrogens is 3. The molecule has 1 N–H and O–H groups in total. The Labute approximate surface area is 159 Å². The van der Waals surface area contributed by atoms with Crippen molar-refractivity contribution >= 4 is 17.0 Å². The van der Waals surface area contributed by atoms with Gasteiger partial charge in [-0.15, -0.1) is 0 Å². The second-order valence-electron chi connectivity index (χ2n) is 6.28. The zero-order chi connectivity index (χ0) is 19.3. The van der Waals surface area contributed by atoms with Crippen LogP contribution in [0.15, 0.2) is 68.3 Å². The Hall–Kier alpha value is -3.68. The highest BCUT2D eigenvalue weighted by Gasteiger charge is 2.17. The summed E-state index contributed by atoms with van der Waals surface area (Å²) < 4.78 is 11.6. The lowest BCUT2D eigenvalue weighted by Crippen LogP contribution is -2.25. The number of benzene rings is 2. The standard InChI is InChI=1S/C20H18N4O4/c25-18(21-12-6-9-14-7-2-1-3-8-14)19-22-17(23-28-19)13-24-15-10-4-5-11-16(15)27-20(24)26/h1-5,7-8,10-11H,6,9,12-13H2,(H,21,25). The molecule has 0 spiro atoms. The number of nitrogens with one attached hydrogen (secondary N) is 1. The van der Waals surface area contributed by atoms with E-state index in [4.69, 9.17) is 8.94 Å². The number of nitrogens with zero attached hydrogens (tertiary/aromatic N) is 3. The van der Waals surface area contributed by atoms with Crippen molar-refractivity contribution in [2.24, 2.45) is 0 Å². The fourth-order valence-electron chi connectivity index (χ4n) is 2.93. The zero-order valence-corrected chi connectivity index (χ0v) is 15.0. The van der Waals surface area contributed by atoms with Crippen molar-refractivity contribution in [1.82, 2.24) is 20.0 Å². The molecule has 0 atom stereocenters. The summed E-state index contributed by atoms with van der Waals surface area (Å²) in [6.45, 7) is 0.553. The summed E-state index contributed by atoms with van der Waals surface area (Å²) in [6.07, 6.45) is 1.67. The third-order valence-electron chi connectivity index (χ3n) is 4.31. The number of fused-ring (bicyclic) bond motifs is 1. The van der Waals surface area contributed by atoms with Crippen molar-refractivity contribution < 1.29 is 13.7 Å². The largest absolute Gasteiger partial charge is 0.420 e. The van der Waals surface area contributed by atoms with Crippen molar-refractivity contribution in [3.05, 3.63) is 82.4 Å². The van der Waals surface area contributed by atoms with Crippen molar-refractivity contribution in [3.63, 3.8) is 0 Å². The van der Waals surface area contributed by atoms with Crippen molar-refractivity contribution in [2.45, 2.75) is 19.4 Å². The number of hydrogen-bond acceptors (Lipinski definition) is 6. The lowest BCUT2D eigenvalue weighted by atomic mass is 10.1. The summed E-state index contributed by atoms with van der Waals surface area (Å²) in [5.74, 6) is -0.854. The quantitative estimate of drug-likeness (QED) is 0.495. The number of amides is 1. The fourth-order valence-corrected chi connectivity index (χ4v) is 2.93. The van der Waals surface area contributed by atoms with Gasteiger partial charge in [0.05, 0.1) is 12.1 Å². The molecular weight excluding hydrogens is 360 g/mol. The topological polar surface area (TPSA) is 103 Å². The Balaban J connectivity index is 1.35. The van der Waals surface area contributed by atoms with Gasteiger partial charge in [-0.1, -0.05) is 47.6 Å². The summed E-state index contributed by atoms with van der Waals surface area (Å²) in [4.78, 5) is 28.2. The van der Waals surface area contributed by atoms with Gasteiger partial charge in [0.1, 0.15) is 0 Å². The highest BCUT2D eigenvalue weighted by Crippen LogP contribution is 2.12. The van der Waals surface area contributed by atoms with Crippen LogP contribution < -0.4 is 11.1 Å². The molecule has 0 radical (unpaired) electrons. The van der Waals surface area contributed by atoms with Crippen LogP contribution >= 0.6 is 0 Å². The van der Waals surface area contributed by atoms with Crippen molar-refractivity contribution in [1.29, 1.82) is 0 Å². The second-order valence-corrected chi connectivity index (χ2v) is 6.28. The maximum atomic E-state index is 12.2. The van der Waals surface area contributed by atoms with Gasteiger partial charge in [-0.2, -0.15) is 4.98 Å². The molecule has 0 bridgehead atoms. The smallest absolute Gasteiger partial charge is 0.408 e. The van der Waals surface area contributed by atoms with Crippen LogP contribution in [0, 0.1) is 0 Å². The highest BCUT2D eigenvalue weighted by atomic mass is 16.5. The van der Waals surface area contributed by atoms with E-state index in [-0.39, 0.29) is 18.3 Å². The molecule has 0 saturated carbocycles. The monoisotopic (exact) mass is 378 g/mol. The van der Waals surface area contributed by atoms with E-state index in [0.717, 1.165) is 12.8 Å². The van der Waals surface area contributed by atoms with Gasteiger partial charge in [-0.3, -0.25) is 9.36 Å². The Kier molecular flexibility index (Phi) is 5.01. The molecular formula is C20H18N4O4. The first kappa shape index (κ1) is 17.7. The fraction of sp³-hybridized carbons (Fsp3) is 0.200. The molecule has 1 amide bonds. The van der Waals surface area contributed by atoms with E-state index in [1.54, 1.807) is 24.3 Å². The predicted molar refractivity (Wildman–Crippen MR) is 101 cm³/mol. The van der Waals surface area contributed by atoms with Crippen LogP contribution in [0.4, 0.5) is 0 Å². The minimum Gasteiger partial charge on any atom is -0.408 e. The van der Waals surface area contributed by atoms with E-state index in [1.165, 1.54) is 10.1 Å². The molecule has 0 aliphatic heterocycles. The molecule has 2 aromatic carbocycles. The number of oxazole rings is 1. The van der Waals surface area contributed by atoms with Gasteiger partial charge in [-0.05, 0) is 30.5 Å².